The van der Waals surface area contributed by atoms with E-state index in [1.165, 1.54) is 30.6 Å². The molecule has 0 amide bonds. The quantitative estimate of drug-likeness (QED) is 0.828. The number of fused-ring (bicyclic) bond motifs is 2. The molecule has 4 heterocycles. The van der Waals surface area contributed by atoms with E-state index < -0.39 is 0 Å². The van der Waals surface area contributed by atoms with Crippen LogP contribution in [0.25, 0.3) is 10.6 Å². The lowest BCUT2D eigenvalue weighted by molar-refractivity contribution is 0.130. The van der Waals surface area contributed by atoms with Crippen molar-refractivity contribution in [1.29, 1.82) is 0 Å². The van der Waals surface area contributed by atoms with Gasteiger partial charge < -0.3 is 4.90 Å². The van der Waals surface area contributed by atoms with Crippen molar-refractivity contribution >= 4 is 27.3 Å². The number of piperidine rings is 1. The lowest BCUT2D eigenvalue weighted by Gasteiger charge is -2.36. The van der Waals surface area contributed by atoms with E-state index in [9.17, 15) is 0 Å². The maximum absolute atomic E-state index is 4.39. The molecule has 0 radical (unpaired) electrons. The van der Waals surface area contributed by atoms with Crippen molar-refractivity contribution in [2.75, 3.05) is 7.05 Å². The third kappa shape index (κ3) is 2.14. The second-order valence-corrected chi connectivity index (χ2v) is 8.33. The zero-order chi connectivity index (χ0) is 13.7. The van der Waals surface area contributed by atoms with E-state index in [1.54, 1.807) is 11.3 Å². The highest BCUT2D eigenvalue weighted by Crippen LogP contribution is 2.39. The van der Waals surface area contributed by atoms with Crippen LogP contribution in [-0.2, 0) is 0 Å². The fourth-order valence-corrected chi connectivity index (χ4v) is 4.95. The number of rotatable bonds is 2. The average molecular weight is 353 g/mol. The van der Waals surface area contributed by atoms with Crippen molar-refractivity contribution in [2.45, 2.75) is 43.8 Å². The van der Waals surface area contributed by atoms with E-state index in [-0.39, 0.29) is 0 Å². The van der Waals surface area contributed by atoms with Gasteiger partial charge in [-0.15, -0.1) is 16.4 Å². The van der Waals surface area contributed by atoms with Crippen molar-refractivity contribution in [2.24, 2.45) is 0 Å². The average Bonchev–Trinajstić information content (AvgIpc) is 3.10. The first-order chi connectivity index (χ1) is 9.70. The molecule has 2 bridgehead atoms. The second kappa shape index (κ2) is 4.93. The summed E-state index contributed by atoms with van der Waals surface area (Å²) in [5.41, 5.74) is 0.993. The summed E-state index contributed by atoms with van der Waals surface area (Å²) < 4.78 is 3.24. The predicted octanol–water partition coefficient (Wildman–Crippen LogP) is 3.57. The van der Waals surface area contributed by atoms with Gasteiger partial charge >= 0.3 is 0 Å². The first-order valence-electron chi connectivity index (χ1n) is 7.10. The monoisotopic (exact) mass is 352 g/mol. The van der Waals surface area contributed by atoms with E-state index in [1.807, 2.05) is 0 Å². The van der Waals surface area contributed by atoms with Crippen molar-refractivity contribution in [3.63, 3.8) is 0 Å². The number of hydrogen-bond acceptors (Lipinski definition) is 4. The van der Waals surface area contributed by atoms with Crippen LogP contribution in [0.15, 0.2) is 22.1 Å². The van der Waals surface area contributed by atoms with Crippen molar-refractivity contribution in [1.82, 2.24) is 19.9 Å². The normalized spacial score (nSPS) is 30.0. The Hall–Kier alpha value is -0.720. The fraction of sp³-hybridized carbons (Fsp3) is 0.571. The van der Waals surface area contributed by atoms with Crippen LogP contribution in [0, 0.1) is 0 Å². The Bertz CT molecular complexity index is 608. The minimum Gasteiger partial charge on any atom is -0.300 e. The molecule has 2 aromatic heterocycles. The molecule has 0 saturated carbocycles. The van der Waals surface area contributed by atoms with E-state index in [0.717, 1.165) is 21.6 Å². The first kappa shape index (κ1) is 13.0. The van der Waals surface area contributed by atoms with Crippen LogP contribution in [-0.4, -0.2) is 39.0 Å². The molecule has 106 valence electrons. The van der Waals surface area contributed by atoms with Crippen molar-refractivity contribution in [3.05, 3.63) is 22.1 Å². The molecule has 1 unspecified atom stereocenters. The molecule has 0 spiro atoms. The Labute approximate surface area is 130 Å². The zero-order valence-corrected chi connectivity index (χ0v) is 13.8. The second-order valence-electron chi connectivity index (χ2n) is 5.86. The predicted molar refractivity (Wildman–Crippen MR) is 83.9 cm³/mol. The largest absolute Gasteiger partial charge is 0.300 e. The molecular formula is C14H17BrN4S. The number of thiophene rings is 1. The van der Waals surface area contributed by atoms with Crippen LogP contribution in [0.2, 0.25) is 0 Å². The SMILES string of the molecule is CN1[C@@H]2CC[C@H]1CC(n1cc(-c3ccc(Br)s3)nn1)C2. The first-order valence-corrected chi connectivity index (χ1v) is 8.71. The van der Waals surface area contributed by atoms with Gasteiger partial charge in [-0.05, 0) is 60.8 Å². The molecule has 4 nitrogen and oxygen atoms in total. The number of hydrogen-bond donors (Lipinski definition) is 0. The number of nitrogens with zero attached hydrogens (tertiary/aromatic N) is 4. The van der Waals surface area contributed by atoms with Crippen LogP contribution in [0.1, 0.15) is 31.7 Å². The summed E-state index contributed by atoms with van der Waals surface area (Å²) in [7, 11) is 2.27. The Kier molecular flexibility index (Phi) is 3.20. The molecule has 2 aliphatic rings. The van der Waals surface area contributed by atoms with Crippen LogP contribution < -0.4 is 0 Å². The molecule has 0 aromatic carbocycles. The van der Waals surface area contributed by atoms with Gasteiger partial charge in [0.25, 0.3) is 0 Å². The summed E-state index contributed by atoms with van der Waals surface area (Å²) in [6, 6.07) is 6.16. The topological polar surface area (TPSA) is 34.0 Å². The minimum absolute atomic E-state index is 0.522. The highest BCUT2D eigenvalue weighted by molar-refractivity contribution is 9.11. The highest BCUT2D eigenvalue weighted by Gasteiger charge is 2.39. The standard InChI is InChI=1S/C14H17BrN4S/c1-18-9-2-3-10(18)7-11(6-9)19-8-12(16-17-19)13-4-5-14(15)20-13/h4-5,8-11H,2-3,6-7H2,1H3/t9-,10+,11?. The van der Waals surface area contributed by atoms with E-state index in [0.29, 0.717) is 6.04 Å². The third-order valence-corrected chi connectivity index (χ3v) is 6.43. The van der Waals surface area contributed by atoms with Gasteiger partial charge in [-0.2, -0.15) is 0 Å². The molecule has 2 aliphatic heterocycles. The van der Waals surface area contributed by atoms with Crippen LogP contribution >= 0.6 is 27.3 Å². The van der Waals surface area contributed by atoms with Crippen LogP contribution in [0.3, 0.4) is 0 Å². The summed E-state index contributed by atoms with van der Waals surface area (Å²) in [5.74, 6) is 0. The third-order valence-electron chi connectivity index (χ3n) is 4.78. The lowest BCUT2D eigenvalue weighted by atomic mass is 9.98. The van der Waals surface area contributed by atoms with Gasteiger partial charge in [-0.3, -0.25) is 0 Å². The van der Waals surface area contributed by atoms with E-state index >= 15 is 0 Å². The summed E-state index contributed by atoms with van der Waals surface area (Å²) in [6.45, 7) is 0. The lowest BCUT2D eigenvalue weighted by Crippen LogP contribution is -2.40. The van der Waals surface area contributed by atoms with Gasteiger partial charge in [0.2, 0.25) is 0 Å². The van der Waals surface area contributed by atoms with Crippen molar-refractivity contribution in [3.8, 4) is 10.6 Å². The maximum atomic E-state index is 4.39. The van der Waals surface area contributed by atoms with Gasteiger partial charge in [0.1, 0.15) is 5.69 Å². The summed E-state index contributed by atoms with van der Waals surface area (Å²) in [5, 5.41) is 8.74. The van der Waals surface area contributed by atoms with Gasteiger partial charge in [-0.25, -0.2) is 4.68 Å². The van der Waals surface area contributed by atoms with Gasteiger partial charge in [0.15, 0.2) is 0 Å². The molecular weight excluding hydrogens is 336 g/mol. The molecule has 0 N–H and O–H groups in total. The molecule has 0 aliphatic carbocycles. The zero-order valence-electron chi connectivity index (χ0n) is 11.4. The summed E-state index contributed by atoms with van der Waals surface area (Å²) in [4.78, 5) is 3.74. The molecule has 4 rings (SSSR count). The molecule has 2 aromatic rings. The van der Waals surface area contributed by atoms with Crippen molar-refractivity contribution < 1.29 is 0 Å². The van der Waals surface area contributed by atoms with E-state index in [2.05, 4.69) is 61.2 Å². The number of halogens is 1. The van der Waals surface area contributed by atoms with E-state index in [4.69, 9.17) is 0 Å². The van der Waals surface area contributed by atoms with Crippen LogP contribution in [0.5, 0.6) is 0 Å². The smallest absolute Gasteiger partial charge is 0.123 e. The molecule has 20 heavy (non-hydrogen) atoms. The fourth-order valence-electron chi connectivity index (χ4n) is 3.62. The maximum Gasteiger partial charge on any atom is 0.123 e. The molecule has 2 saturated heterocycles. The minimum atomic E-state index is 0.522. The van der Waals surface area contributed by atoms with Crippen LogP contribution in [0.4, 0.5) is 0 Å². The molecule has 6 heteroatoms. The van der Waals surface area contributed by atoms with Gasteiger partial charge in [-0.1, -0.05) is 5.21 Å². The van der Waals surface area contributed by atoms with Gasteiger partial charge in [0.05, 0.1) is 20.9 Å². The summed E-state index contributed by atoms with van der Waals surface area (Å²) >= 11 is 5.21. The Morgan fingerprint density at radius 3 is 2.60 bits per heavy atom. The molecule has 3 atom stereocenters. The highest BCUT2D eigenvalue weighted by atomic mass is 79.9. The Balaban J connectivity index is 1.57. The Morgan fingerprint density at radius 1 is 1.20 bits per heavy atom. The summed E-state index contributed by atoms with van der Waals surface area (Å²) in [6.07, 6.45) is 7.23. The Morgan fingerprint density at radius 2 is 1.95 bits per heavy atom. The number of aromatic nitrogens is 3. The van der Waals surface area contributed by atoms with Gasteiger partial charge in [0, 0.05) is 12.1 Å². The molecule has 2 fully saturated rings.